The van der Waals surface area contributed by atoms with Crippen LogP contribution in [-0.4, -0.2) is 13.1 Å². The summed E-state index contributed by atoms with van der Waals surface area (Å²) in [5, 5.41) is 0. The summed E-state index contributed by atoms with van der Waals surface area (Å²) < 4.78 is 4.58. The van der Waals surface area contributed by atoms with Crippen LogP contribution in [0.15, 0.2) is 0 Å². The maximum Gasteiger partial charge on any atom is 0.305 e. The number of hydrogen-bond donors (Lipinski definition) is 0. The Bertz CT molecular complexity index is 121. The van der Waals surface area contributed by atoms with Gasteiger partial charge in [-0.15, -0.1) is 0 Å². The van der Waals surface area contributed by atoms with Crippen molar-refractivity contribution in [1.82, 2.24) is 0 Å². The topological polar surface area (TPSA) is 26.3 Å². The van der Waals surface area contributed by atoms with E-state index in [1.807, 2.05) is 0 Å². The average Bonchev–Trinajstić information content (AvgIpc) is 2.02. The third kappa shape index (κ3) is 4.02. The van der Waals surface area contributed by atoms with Crippen LogP contribution in [0, 0.1) is 11.8 Å². The molecule has 2 atom stereocenters. The molecule has 0 amide bonds. The van der Waals surface area contributed by atoms with Crippen molar-refractivity contribution in [2.45, 2.75) is 33.6 Å². The summed E-state index contributed by atoms with van der Waals surface area (Å²) >= 11 is 0. The van der Waals surface area contributed by atoms with Gasteiger partial charge in [0.1, 0.15) is 0 Å². The molecule has 2 heteroatoms. The molecule has 0 saturated heterocycles. The number of carbonyl (C=O) groups excluding carboxylic acids is 1. The van der Waals surface area contributed by atoms with Gasteiger partial charge in [0.2, 0.25) is 0 Å². The van der Waals surface area contributed by atoms with E-state index in [1.165, 1.54) is 7.11 Å². The molecule has 0 spiro atoms. The lowest BCUT2D eigenvalue weighted by Crippen LogP contribution is -2.13. The van der Waals surface area contributed by atoms with Crippen molar-refractivity contribution in [2.24, 2.45) is 11.8 Å². The number of ether oxygens (including phenoxy) is 1. The molecule has 0 aliphatic rings. The number of rotatable bonds is 4. The molecule has 0 N–H and O–H groups in total. The molecule has 0 heterocycles. The molecule has 0 aromatic rings. The highest BCUT2D eigenvalue weighted by Gasteiger charge is 2.14. The summed E-state index contributed by atoms with van der Waals surface area (Å²) in [6, 6.07) is 0. The highest BCUT2D eigenvalue weighted by atomic mass is 16.5. The molecule has 0 saturated carbocycles. The molecule has 0 aliphatic carbocycles. The van der Waals surface area contributed by atoms with E-state index in [1.54, 1.807) is 0 Å². The first-order valence-corrected chi connectivity index (χ1v) is 4.18. The average molecular weight is 158 g/mol. The maximum atomic E-state index is 10.8. The fourth-order valence-corrected chi connectivity index (χ4v) is 0.950. The Morgan fingerprint density at radius 2 is 1.91 bits per heavy atom. The van der Waals surface area contributed by atoms with Crippen molar-refractivity contribution in [2.75, 3.05) is 7.11 Å². The van der Waals surface area contributed by atoms with Crippen LogP contribution in [0.2, 0.25) is 0 Å². The Balaban J connectivity index is 3.67. The summed E-state index contributed by atoms with van der Waals surface area (Å²) in [5.41, 5.74) is 0. The minimum absolute atomic E-state index is 0.0993. The Hall–Kier alpha value is -0.530. The van der Waals surface area contributed by atoms with Gasteiger partial charge in [-0.1, -0.05) is 27.2 Å². The fraction of sp³-hybridized carbons (Fsp3) is 0.889. The van der Waals surface area contributed by atoms with Gasteiger partial charge in [-0.05, 0) is 11.8 Å². The van der Waals surface area contributed by atoms with E-state index < -0.39 is 0 Å². The van der Waals surface area contributed by atoms with E-state index in [0.29, 0.717) is 18.3 Å². The minimum Gasteiger partial charge on any atom is -0.469 e. The highest BCUT2D eigenvalue weighted by Crippen LogP contribution is 2.17. The van der Waals surface area contributed by atoms with Crippen LogP contribution in [0.3, 0.4) is 0 Å². The van der Waals surface area contributed by atoms with Crippen molar-refractivity contribution in [3.8, 4) is 0 Å². The van der Waals surface area contributed by atoms with Crippen molar-refractivity contribution >= 4 is 5.97 Å². The summed E-state index contributed by atoms with van der Waals surface area (Å²) in [4.78, 5) is 10.8. The van der Waals surface area contributed by atoms with Crippen LogP contribution in [-0.2, 0) is 9.53 Å². The normalized spacial score (nSPS) is 15.6. The molecule has 0 bridgehead atoms. The van der Waals surface area contributed by atoms with E-state index in [9.17, 15) is 4.79 Å². The van der Waals surface area contributed by atoms with Gasteiger partial charge in [-0.25, -0.2) is 0 Å². The van der Waals surface area contributed by atoms with Crippen LogP contribution >= 0.6 is 0 Å². The molecule has 0 fully saturated rings. The van der Waals surface area contributed by atoms with Gasteiger partial charge in [0, 0.05) is 6.42 Å². The Kier molecular flexibility index (Phi) is 4.92. The fourth-order valence-electron chi connectivity index (χ4n) is 0.950. The van der Waals surface area contributed by atoms with Gasteiger partial charge >= 0.3 is 5.97 Å². The molecular formula is C9H18O2. The van der Waals surface area contributed by atoms with Gasteiger partial charge in [0.05, 0.1) is 7.11 Å². The predicted molar refractivity (Wildman–Crippen MR) is 45.3 cm³/mol. The van der Waals surface area contributed by atoms with Crippen molar-refractivity contribution in [3.63, 3.8) is 0 Å². The number of carbonyl (C=O) groups is 1. The van der Waals surface area contributed by atoms with Gasteiger partial charge in [0.15, 0.2) is 0 Å². The van der Waals surface area contributed by atoms with Gasteiger partial charge in [0.25, 0.3) is 0 Å². The number of esters is 1. The molecule has 0 rings (SSSR count). The molecule has 2 nitrogen and oxygen atoms in total. The smallest absolute Gasteiger partial charge is 0.305 e. The molecule has 0 radical (unpaired) electrons. The van der Waals surface area contributed by atoms with Crippen LogP contribution in [0.1, 0.15) is 33.6 Å². The molecule has 0 aromatic carbocycles. The van der Waals surface area contributed by atoms with E-state index in [0.717, 1.165) is 6.42 Å². The summed E-state index contributed by atoms with van der Waals surface area (Å²) in [5.74, 6) is 0.944. The van der Waals surface area contributed by atoms with E-state index in [-0.39, 0.29) is 5.97 Å². The Morgan fingerprint density at radius 3 is 2.27 bits per heavy atom. The summed E-state index contributed by atoms with van der Waals surface area (Å²) in [6.45, 7) is 6.39. The van der Waals surface area contributed by atoms with E-state index in [2.05, 4.69) is 25.5 Å². The zero-order chi connectivity index (χ0) is 8.85. The van der Waals surface area contributed by atoms with Crippen LogP contribution < -0.4 is 0 Å². The third-order valence-corrected chi connectivity index (χ3v) is 2.33. The van der Waals surface area contributed by atoms with Crippen molar-refractivity contribution < 1.29 is 9.53 Å². The van der Waals surface area contributed by atoms with Crippen LogP contribution in [0.25, 0.3) is 0 Å². The molecule has 0 aromatic heterocycles. The van der Waals surface area contributed by atoms with Gasteiger partial charge in [-0.3, -0.25) is 4.79 Å². The monoisotopic (exact) mass is 158 g/mol. The second-order valence-corrected chi connectivity index (χ2v) is 3.14. The summed E-state index contributed by atoms with van der Waals surface area (Å²) in [7, 11) is 1.44. The maximum absolute atomic E-state index is 10.8. The second kappa shape index (κ2) is 5.16. The van der Waals surface area contributed by atoms with E-state index in [4.69, 9.17) is 0 Å². The Labute approximate surface area is 68.9 Å². The predicted octanol–water partition coefficient (Wildman–Crippen LogP) is 2.23. The molecular weight excluding hydrogens is 140 g/mol. The standard InChI is InChI=1S/C9H18O2/c1-5-7(2)8(3)6-9(10)11-4/h7-8H,5-6H2,1-4H3. The van der Waals surface area contributed by atoms with Gasteiger partial charge in [-0.2, -0.15) is 0 Å². The first-order chi connectivity index (χ1) is 5.11. The third-order valence-electron chi connectivity index (χ3n) is 2.33. The van der Waals surface area contributed by atoms with Crippen molar-refractivity contribution in [1.29, 1.82) is 0 Å². The minimum atomic E-state index is -0.0993. The lowest BCUT2D eigenvalue weighted by atomic mass is 9.91. The largest absolute Gasteiger partial charge is 0.469 e. The Morgan fingerprint density at radius 1 is 1.36 bits per heavy atom. The molecule has 2 unspecified atom stereocenters. The van der Waals surface area contributed by atoms with E-state index >= 15 is 0 Å². The van der Waals surface area contributed by atoms with Gasteiger partial charge < -0.3 is 4.74 Å². The number of hydrogen-bond acceptors (Lipinski definition) is 2. The lowest BCUT2D eigenvalue weighted by molar-refractivity contribution is -0.141. The molecule has 11 heavy (non-hydrogen) atoms. The van der Waals surface area contributed by atoms with Crippen LogP contribution in [0.4, 0.5) is 0 Å². The first kappa shape index (κ1) is 10.5. The zero-order valence-corrected chi connectivity index (χ0v) is 7.89. The molecule has 0 aliphatic heterocycles. The number of methoxy groups -OCH3 is 1. The quantitative estimate of drug-likeness (QED) is 0.586. The second-order valence-electron chi connectivity index (χ2n) is 3.14. The lowest BCUT2D eigenvalue weighted by Gasteiger charge is -2.16. The highest BCUT2D eigenvalue weighted by molar-refractivity contribution is 5.69. The van der Waals surface area contributed by atoms with Crippen molar-refractivity contribution in [3.05, 3.63) is 0 Å². The molecule has 66 valence electrons. The summed E-state index contributed by atoms with van der Waals surface area (Å²) in [6.07, 6.45) is 1.67. The SMILES string of the molecule is CCC(C)C(C)CC(=O)OC. The van der Waals surface area contributed by atoms with Crippen LogP contribution in [0.5, 0.6) is 0 Å². The first-order valence-electron chi connectivity index (χ1n) is 4.18. The zero-order valence-electron chi connectivity index (χ0n) is 7.89.